The van der Waals surface area contributed by atoms with Crippen LogP contribution in [0.25, 0.3) is 38.4 Å². The van der Waals surface area contributed by atoms with Crippen LogP contribution < -0.4 is 0 Å². The first-order valence-corrected chi connectivity index (χ1v) is 10.5. The summed E-state index contributed by atoms with van der Waals surface area (Å²) in [5.74, 6) is 0. The highest BCUT2D eigenvalue weighted by atomic mass is 14.7. The number of hydrogen-bond donors (Lipinski definition) is 0. The molecular formula is C29H26N2. The first-order valence-electron chi connectivity index (χ1n) is 10.5. The summed E-state index contributed by atoms with van der Waals surface area (Å²) in [6.07, 6.45) is 1.94. The SMILES string of the molecule is [C-]#[N+]c1ccc(C)c(-c2cnc(-c3cc(C)cc(C)c3)c(-c3cc(C)cc(C)c3)c2)c1. The van der Waals surface area contributed by atoms with Crippen molar-refractivity contribution in [3.63, 3.8) is 0 Å². The van der Waals surface area contributed by atoms with Crippen LogP contribution in [-0.4, -0.2) is 4.98 Å². The van der Waals surface area contributed by atoms with Gasteiger partial charge in [0.25, 0.3) is 0 Å². The third-order valence-corrected chi connectivity index (χ3v) is 5.58. The number of hydrogen-bond acceptors (Lipinski definition) is 1. The van der Waals surface area contributed by atoms with Gasteiger partial charge in [0.05, 0.1) is 12.3 Å². The zero-order valence-electron chi connectivity index (χ0n) is 18.7. The molecule has 0 amide bonds. The van der Waals surface area contributed by atoms with E-state index in [1.807, 2.05) is 24.4 Å². The first-order chi connectivity index (χ1) is 14.8. The fourth-order valence-corrected chi connectivity index (χ4v) is 4.29. The van der Waals surface area contributed by atoms with Gasteiger partial charge in [0.2, 0.25) is 0 Å². The van der Waals surface area contributed by atoms with E-state index in [0.29, 0.717) is 5.69 Å². The highest BCUT2D eigenvalue weighted by molar-refractivity contribution is 5.86. The summed E-state index contributed by atoms with van der Waals surface area (Å²) in [5, 5.41) is 0. The molecule has 1 heterocycles. The number of aryl methyl sites for hydroxylation is 5. The summed E-state index contributed by atoms with van der Waals surface area (Å²) < 4.78 is 0. The maximum absolute atomic E-state index is 7.39. The summed E-state index contributed by atoms with van der Waals surface area (Å²) in [7, 11) is 0. The Labute approximate surface area is 185 Å². The maximum Gasteiger partial charge on any atom is 0.187 e. The van der Waals surface area contributed by atoms with Crippen molar-refractivity contribution >= 4 is 5.69 Å². The van der Waals surface area contributed by atoms with Crippen LogP contribution in [-0.2, 0) is 0 Å². The van der Waals surface area contributed by atoms with E-state index in [1.54, 1.807) is 0 Å². The summed E-state index contributed by atoms with van der Waals surface area (Å²) >= 11 is 0. The fourth-order valence-electron chi connectivity index (χ4n) is 4.29. The highest BCUT2D eigenvalue weighted by Gasteiger charge is 2.14. The molecule has 0 N–H and O–H groups in total. The Hall–Kier alpha value is -3.70. The van der Waals surface area contributed by atoms with Crippen LogP contribution in [0.1, 0.15) is 27.8 Å². The molecule has 3 aromatic carbocycles. The molecule has 0 saturated heterocycles. The normalized spacial score (nSPS) is 10.7. The van der Waals surface area contributed by atoms with E-state index in [1.165, 1.54) is 27.8 Å². The van der Waals surface area contributed by atoms with Crippen molar-refractivity contribution < 1.29 is 0 Å². The molecule has 4 rings (SSSR count). The van der Waals surface area contributed by atoms with Gasteiger partial charge in [-0.15, -0.1) is 0 Å². The van der Waals surface area contributed by atoms with Crippen LogP contribution in [0.15, 0.2) is 66.9 Å². The number of rotatable bonds is 3. The second-order valence-electron chi connectivity index (χ2n) is 8.48. The van der Waals surface area contributed by atoms with Gasteiger partial charge in [-0.05, 0) is 81.1 Å². The van der Waals surface area contributed by atoms with E-state index < -0.39 is 0 Å². The van der Waals surface area contributed by atoms with E-state index >= 15 is 0 Å². The summed E-state index contributed by atoms with van der Waals surface area (Å²) in [4.78, 5) is 8.58. The molecule has 0 aliphatic rings. The van der Waals surface area contributed by atoms with E-state index in [9.17, 15) is 0 Å². The minimum atomic E-state index is 0.645. The van der Waals surface area contributed by atoms with Crippen molar-refractivity contribution in [2.24, 2.45) is 0 Å². The molecule has 0 bridgehead atoms. The van der Waals surface area contributed by atoms with Crippen molar-refractivity contribution in [3.05, 3.63) is 106 Å². The van der Waals surface area contributed by atoms with Crippen molar-refractivity contribution in [3.8, 4) is 33.5 Å². The molecule has 0 radical (unpaired) electrons. The van der Waals surface area contributed by atoms with Crippen molar-refractivity contribution in [2.45, 2.75) is 34.6 Å². The van der Waals surface area contributed by atoms with E-state index in [-0.39, 0.29) is 0 Å². The van der Waals surface area contributed by atoms with Gasteiger partial charge < -0.3 is 0 Å². The van der Waals surface area contributed by atoms with Crippen molar-refractivity contribution in [1.82, 2.24) is 4.98 Å². The quantitative estimate of drug-likeness (QED) is 0.316. The van der Waals surface area contributed by atoms with Crippen LogP contribution in [0, 0.1) is 41.2 Å². The van der Waals surface area contributed by atoms with Gasteiger partial charge in [-0.25, -0.2) is 4.85 Å². The lowest BCUT2D eigenvalue weighted by Crippen LogP contribution is -1.94. The van der Waals surface area contributed by atoms with Gasteiger partial charge >= 0.3 is 0 Å². The number of nitrogens with zero attached hydrogens (tertiary/aromatic N) is 2. The molecule has 1 aromatic heterocycles. The smallest absolute Gasteiger partial charge is 0.187 e. The van der Waals surface area contributed by atoms with Crippen molar-refractivity contribution in [1.29, 1.82) is 0 Å². The van der Waals surface area contributed by atoms with Crippen LogP contribution in [0.3, 0.4) is 0 Å². The molecule has 0 saturated carbocycles. The van der Waals surface area contributed by atoms with Crippen LogP contribution in [0.2, 0.25) is 0 Å². The third-order valence-electron chi connectivity index (χ3n) is 5.58. The van der Waals surface area contributed by atoms with Gasteiger partial charge in [0.15, 0.2) is 5.69 Å². The molecule has 2 heteroatoms. The minimum absolute atomic E-state index is 0.645. The van der Waals surface area contributed by atoms with E-state index in [2.05, 4.69) is 81.9 Å². The lowest BCUT2D eigenvalue weighted by Gasteiger charge is -2.15. The van der Waals surface area contributed by atoms with Gasteiger partial charge in [-0.2, -0.15) is 0 Å². The van der Waals surface area contributed by atoms with E-state index in [4.69, 9.17) is 11.6 Å². The minimum Gasteiger partial charge on any atom is -0.255 e. The average Bonchev–Trinajstić information content (AvgIpc) is 2.72. The lowest BCUT2D eigenvalue weighted by atomic mass is 9.92. The van der Waals surface area contributed by atoms with Crippen molar-refractivity contribution in [2.75, 3.05) is 0 Å². The predicted molar refractivity (Wildman–Crippen MR) is 130 cm³/mol. The van der Waals surface area contributed by atoms with E-state index in [0.717, 1.165) is 33.5 Å². The Kier molecular flexibility index (Phi) is 5.44. The zero-order valence-corrected chi connectivity index (χ0v) is 18.7. The largest absolute Gasteiger partial charge is 0.255 e. The van der Waals surface area contributed by atoms with Gasteiger partial charge in [0.1, 0.15) is 0 Å². The molecule has 2 nitrogen and oxygen atoms in total. The zero-order chi connectivity index (χ0) is 22.1. The first kappa shape index (κ1) is 20.6. The average molecular weight is 403 g/mol. The molecule has 0 unspecified atom stereocenters. The second kappa shape index (κ2) is 8.20. The topological polar surface area (TPSA) is 17.2 Å². The van der Waals surface area contributed by atoms with Crippen LogP contribution in [0.4, 0.5) is 5.69 Å². The third kappa shape index (κ3) is 4.27. The number of benzene rings is 3. The molecule has 0 aliphatic heterocycles. The molecule has 0 fully saturated rings. The summed E-state index contributed by atoms with van der Waals surface area (Å²) in [6.45, 7) is 18.0. The Morgan fingerprint density at radius 3 is 1.77 bits per heavy atom. The summed E-state index contributed by atoms with van der Waals surface area (Å²) in [6, 6.07) is 21.3. The summed E-state index contributed by atoms with van der Waals surface area (Å²) in [5.41, 5.74) is 13.2. The molecule has 152 valence electrons. The fraction of sp³-hybridized carbons (Fsp3) is 0.172. The monoisotopic (exact) mass is 402 g/mol. The van der Waals surface area contributed by atoms with Gasteiger partial charge in [0, 0.05) is 17.3 Å². The van der Waals surface area contributed by atoms with Crippen LogP contribution >= 0.6 is 0 Å². The Morgan fingerprint density at radius 1 is 0.613 bits per heavy atom. The Morgan fingerprint density at radius 2 is 1.19 bits per heavy atom. The molecular weight excluding hydrogens is 376 g/mol. The van der Waals surface area contributed by atoms with Gasteiger partial charge in [-0.3, -0.25) is 4.98 Å². The number of aromatic nitrogens is 1. The maximum atomic E-state index is 7.39. The molecule has 0 aliphatic carbocycles. The standard InChI is InChI=1S/C29H26N2/c1-18-9-19(2)12-23(11-18)28-15-25(27-16-26(30-6)8-7-22(27)5)17-31-29(28)24-13-20(3)10-21(4)14-24/h7-17H,1-5H3. The molecule has 0 spiro atoms. The highest BCUT2D eigenvalue weighted by Crippen LogP contribution is 2.37. The number of pyridine rings is 1. The lowest BCUT2D eigenvalue weighted by molar-refractivity contribution is 1.29. The predicted octanol–water partition coefficient (Wildman–Crippen LogP) is 8.18. The Bertz CT molecular complexity index is 1300. The van der Waals surface area contributed by atoms with Gasteiger partial charge in [-0.1, -0.05) is 58.7 Å². The molecule has 31 heavy (non-hydrogen) atoms. The molecule has 4 aromatic rings. The molecule has 0 atom stereocenters. The Balaban J connectivity index is 2.00. The second-order valence-corrected chi connectivity index (χ2v) is 8.48. The van der Waals surface area contributed by atoms with Crippen LogP contribution in [0.5, 0.6) is 0 Å².